The van der Waals surface area contributed by atoms with Gasteiger partial charge in [-0.25, -0.2) is 0 Å². The standard InChI is InChI=1S/C16H27N/c1-4-5-11-15(17)13-16(2,3)12-14-9-7-6-8-10-14/h6-10,15H,4-5,11-13,17H2,1-3H3. The molecule has 0 aromatic heterocycles. The molecule has 1 heteroatoms. The summed E-state index contributed by atoms with van der Waals surface area (Å²) in [6, 6.07) is 11.1. The second-order valence-corrected chi connectivity index (χ2v) is 5.93. The maximum Gasteiger partial charge on any atom is 0.00440 e. The van der Waals surface area contributed by atoms with E-state index in [1.165, 1.54) is 18.4 Å². The molecule has 1 aromatic rings. The van der Waals surface area contributed by atoms with E-state index in [0.717, 1.165) is 19.3 Å². The fraction of sp³-hybridized carbons (Fsp3) is 0.625. The average molecular weight is 233 g/mol. The van der Waals surface area contributed by atoms with Crippen LogP contribution in [-0.2, 0) is 6.42 Å². The van der Waals surface area contributed by atoms with E-state index in [4.69, 9.17) is 5.73 Å². The van der Waals surface area contributed by atoms with Crippen LogP contribution in [0.2, 0.25) is 0 Å². The Bertz CT molecular complexity index is 303. The molecule has 1 aromatic carbocycles. The molecule has 2 N–H and O–H groups in total. The quantitative estimate of drug-likeness (QED) is 0.752. The fourth-order valence-electron chi connectivity index (χ4n) is 2.50. The molecule has 0 amide bonds. The number of unbranched alkanes of at least 4 members (excludes halogenated alkanes) is 1. The lowest BCUT2D eigenvalue weighted by Crippen LogP contribution is -2.29. The van der Waals surface area contributed by atoms with Crippen LogP contribution in [0.25, 0.3) is 0 Å². The second-order valence-electron chi connectivity index (χ2n) is 5.93. The third-order valence-corrected chi connectivity index (χ3v) is 3.27. The monoisotopic (exact) mass is 233 g/mol. The lowest BCUT2D eigenvalue weighted by molar-refractivity contribution is 0.293. The number of hydrogen-bond acceptors (Lipinski definition) is 1. The summed E-state index contributed by atoms with van der Waals surface area (Å²) in [6.07, 6.45) is 5.89. The van der Waals surface area contributed by atoms with Gasteiger partial charge in [0.2, 0.25) is 0 Å². The maximum atomic E-state index is 6.20. The number of nitrogens with two attached hydrogens (primary N) is 1. The first-order valence-corrected chi connectivity index (χ1v) is 6.83. The van der Waals surface area contributed by atoms with Crippen molar-refractivity contribution in [2.45, 2.75) is 58.9 Å². The largest absolute Gasteiger partial charge is 0.328 e. The van der Waals surface area contributed by atoms with Gasteiger partial charge in [-0.2, -0.15) is 0 Å². The molecule has 0 spiro atoms. The zero-order valence-electron chi connectivity index (χ0n) is 11.6. The zero-order valence-corrected chi connectivity index (χ0v) is 11.6. The minimum atomic E-state index is 0.300. The van der Waals surface area contributed by atoms with Crippen molar-refractivity contribution in [2.75, 3.05) is 0 Å². The zero-order chi connectivity index (χ0) is 12.7. The van der Waals surface area contributed by atoms with Crippen LogP contribution in [0.15, 0.2) is 30.3 Å². The van der Waals surface area contributed by atoms with Crippen molar-refractivity contribution in [1.29, 1.82) is 0 Å². The van der Waals surface area contributed by atoms with Crippen LogP contribution < -0.4 is 5.73 Å². The van der Waals surface area contributed by atoms with Gasteiger partial charge in [0.1, 0.15) is 0 Å². The van der Waals surface area contributed by atoms with Gasteiger partial charge in [0.25, 0.3) is 0 Å². The molecule has 0 aliphatic carbocycles. The predicted octanol–water partition coefficient (Wildman–Crippen LogP) is 4.16. The predicted molar refractivity (Wildman–Crippen MR) is 76.0 cm³/mol. The van der Waals surface area contributed by atoms with E-state index in [2.05, 4.69) is 51.1 Å². The molecular formula is C16H27N. The van der Waals surface area contributed by atoms with Gasteiger partial charge in [0.05, 0.1) is 0 Å². The molecule has 1 nitrogen and oxygen atoms in total. The molecule has 1 atom stereocenters. The van der Waals surface area contributed by atoms with E-state index in [1.807, 2.05) is 0 Å². The summed E-state index contributed by atoms with van der Waals surface area (Å²) in [5.74, 6) is 0. The van der Waals surface area contributed by atoms with E-state index < -0.39 is 0 Å². The number of hydrogen-bond donors (Lipinski definition) is 1. The van der Waals surface area contributed by atoms with Crippen molar-refractivity contribution < 1.29 is 0 Å². The van der Waals surface area contributed by atoms with Gasteiger partial charge < -0.3 is 5.73 Å². The van der Waals surface area contributed by atoms with Gasteiger partial charge in [0, 0.05) is 6.04 Å². The van der Waals surface area contributed by atoms with Gasteiger partial charge in [-0.1, -0.05) is 63.9 Å². The van der Waals surface area contributed by atoms with Gasteiger partial charge in [0.15, 0.2) is 0 Å². The number of benzene rings is 1. The SMILES string of the molecule is CCCCC(N)CC(C)(C)Cc1ccccc1. The molecule has 96 valence electrons. The third-order valence-electron chi connectivity index (χ3n) is 3.27. The first-order valence-electron chi connectivity index (χ1n) is 6.83. The van der Waals surface area contributed by atoms with Crippen molar-refractivity contribution in [3.63, 3.8) is 0 Å². The van der Waals surface area contributed by atoms with Crippen LogP contribution in [0.5, 0.6) is 0 Å². The molecule has 0 saturated carbocycles. The normalized spacial score (nSPS) is 13.6. The minimum Gasteiger partial charge on any atom is -0.328 e. The Morgan fingerprint density at radius 2 is 1.82 bits per heavy atom. The lowest BCUT2D eigenvalue weighted by atomic mass is 9.79. The van der Waals surface area contributed by atoms with Gasteiger partial charge in [-0.3, -0.25) is 0 Å². The Kier molecular flexibility index (Phi) is 5.70. The molecule has 0 radical (unpaired) electrons. The molecular weight excluding hydrogens is 206 g/mol. The summed E-state index contributed by atoms with van der Waals surface area (Å²) >= 11 is 0. The van der Waals surface area contributed by atoms with Crippen LogP contribution in [0.1, 0.15) is 52.0 Å². The lowest BCUT2D eigenvalue weighted by Gasteiger charge is -2.28. The molecule has 0 aliphatic heterocycles. The maximum absolute atomic E-state index is 6.20. The van der Waals surface area contributed by atoms with Crippen LogP contribution >= 0.6 is 0 Å². The Hall–Kier alpha value is -0.820. The van der Waals surface area contributed by atoms with Crippen LogP contribution in [0, 0.1) is 5.41 Å². The van der Waals surface area contributed by atoms with Crippen LogP contribution in [-0.4, -0.2) is 6.04 Å². The summed E-state index contributed by atoms with van der Waals surface area (Å²) in [5, 5.41) is 0. The second kappa shape index (κ2) is 6.80. The molecule has 0 saturated heterocycles. The van der Waals surface area contributed by atoms with Crippen molar-refractivity contribution in [3.05, 3.63) is 35.9 Å². The van der Waals surface area contributed by atoms with E-state index >= 15 is 0 Å². The molecule has 0 heterocycles. The molecule has 0 aliphatic rings. The van der Waals surface area contributed by atoms with Crippen LogP contribution in [0.3, 0.4) is 0 Å². The molecule has 1 rings (SSSR count). The summed E-state index contributed by atoms with van der Waals surface area (Å²) in [6.45, 7) is 6.87. The highest BCUT2D eigenvalue weighted by Crippen LogP contribution is 2.28. The Labute approximate surface area is 106 Å². The summed E-state index contributed by atoms with van der Waals surface area (Å²) in [7, 11) is 0. The first kappa shape index (κ1) is 14.2. The van der Waals surface area contributed by atoms with Crippen LogP contribution in [0.4, 0.5) is 0 Å². The Balaban J connectivity index is 2.45. The highest BCUT2D eigenvalue weighted by molar-refractivity contribution is 5.16. The van der Waals surface area contributed by atoms with E-state index in [-0.39, 0.29) is 0 Å². The topological polar surface area (TPSA) is 26.0 Å². The minimum absolute atomic E-state index is 0.300. The van der Waals surface area contributed by atoms with Crippen molar-refractivity contribution in [2.24, 2.45) is 11.1 Å². The summed E-state index contributed by atoms with van der Waals surface area (Å²) < 4.78 is 0. The number of rotatable bonds is 7. The van der Waals surface area contributed by atoms with E-state index in [1.54, 1.807) is 0 Å². The smallest absolute Gasteiger partial charge is 0.00440 e. The van der Waals surface area contributed by atoms with Gasteiger partial charge in [-0.05, 0) is 30.2 Å². The molecule has 17 heavy (non-hydrogen) atoms. The molecule has 0 bridgehead atoms. The summed E-state index contributed by atoms with van der Waals surface area (Å²) in [4.78, 5) is 0. The highest BCUT2D eigenvalue weighted by Gasteiger charge is 2.21. The Morgan fingerprint density at radius 1 is 1.18 bits per heavy atom. The van der Waals surface area contributed by atoms with Crippen molar-refractivity contribution in [3.8, 4) is 0 Å². The van der Waals surface area contributed by atoms with E-state index in [0.29, 0.717) is 11.5 Å². The highest BCUT2D eigenvalue weighted by atomic mass is 14.6. The fourth-order valence-corrected chi connectivity index (χ4v) is 2.50. The first-order chi connectivity index (χ1) is 8.03. The van der Waals surface area contributed by atoms with Crippen molar-refractivity contribution >= 4 is 0 Å². The third kappa shape index (κ3) is 5.88. The average Bonchev–Trinajstić information content (AvgIpc) is 2.26. The molecule has 1 unspecified atom stereocenters. The van der Waals surface area contributed by atoms with Gasteiger partial charge >= 0.3 is 0 Å². The molecule has 0 fully saturated rings. The summed E-state index contributed by atoms with van der Waals surface area (Å²) in [5.41, 5.74) is 7.92. The van der Waals surface area contributed by atoms with Gasteiger partial charge in [-0.15, -0.1) is 0 Å². The Morgan fingerprint density at radius 3 is 2.41 bits per heavy atom. The van der Waals surface area contributed by atoms with E-state index in [9.17, 15) is 0 Å². The van der Waals surface area contributed by atoms with Crippen molar-refractivity contribution in [1.82, 2.24) is 0 Å².